The standard InChI is InChI=1S/C25H27N3O4/c1-26-10-12-27(13-11-26)24(30)23-14-17(29)15-28(23)25(31)32-16-22-20-8-4-2-6-18(20)19-7-3-5-9-21(19)22/h2-9,22-23H,10-16H2,1H3. The van der Waals surface area contributed by atoms with Crippen LogP contribution in [0.25, 0.3) is 11.1 Å². The summed E-state index contributed by atoms with van der Waals surface area (Å²) in [6, 6.07) is 15.5. The molecule has 7 nitrogen and oxygen atoms in total. The predicted octanol–water partition coefficient (Wildman–Crippen LogP) is 2.35. The Hall–Kier alpha value is -3.19. The van der Waals surface area contributed by atoms with Crippen LogP contribution >= 0.6 is 0 Å². The molecule has 0 bridgehead atoms. The van der Waals surface area contributed by atoms with E-state index in [-0.39, 0.29) is 37.2 Å². The minimum atomic E-state index is -0.762. The lowest BCUT2D eigenvalue weighted by atomic mass is 9.98. The second kappa shape index (κ2) is 8.39. The van der Waals surface area contributed by atoms with Crippen LogP contribution in [0.5, 0.6) is 0 Å². The quantitative estimate of drug-likeness (QED) is 0.743. The van der Waals surface area contributed by atoms with E-state index >= 15 is 0 Å². The number of hydrogen-bond donors (Lipinski definition) is 0. The molecule has 3 aliphatic rings. The maximum atomic E-state index is 13.1. The maximum Gasteiger partial charge on any atom is 0.410 e. The number of rotatable bonds is 3. The summed E-state index contributed by atoms with van der Waals surface area (Å²) in [5, 5.41) is 0. The predicted molar refractivity (Wildman–Crippen MR) is 119 cm³/mol. The zero-order chi connectivity index (χ0) is 22.2. The highest BCUT2D eigenvalue weighted by Gasteiger charge is 2.42. The lowest BCUT2D eigenvalue weighted by molar-refractivity contribution is -0.137. The molecular weight excluding hydrogens is 406 g/mol. The molecule has 0 radical (unpaired) electrons. The SMILES string of the molecule is CN1CCN(C(=O)C2CC(=O)CN2C(=O)OCC2c3ccccc3-c3ccccc32)CC1. The van der Waals surface area contributed by atoms with Crippen LogP contribution in [0, 0.1) is 0 Å². The van der Waals surface area contributed by atoms with Crippen LogP contribution in [0.3, 0.4) is 0 Å². The van der Waals surface area contributed by atoms with Gasteiger partial charge in [-0.2, -0.15) is 0 Å². The van der Waals surface area contributed by atoms with Gasteiger partial charge in [0.15, 0.2) is 5.78 Å². The minimum absolute atomic E-state index is 0.0589. The molecule has 2 amide bonds. The molecule has 0 spiro atoms. The molecule has 2 aliphatic heterocycles. The van der Waals surface area contributed by atoms with Gasteiger partial charge in [-0.15, -0.1) is 0 Å². The zero-order valence-electron chi connectivity index (χ0n) is 18.2. The monoisotopic (exact) mass is 433 g/mol. The third-order valence-electron chi connectivity index (χ3n) is 6.81. The molecule has 1 atom stereocenters. The highest BCUT2D eigenvalue weighted by molar-refractivity contribution is 5.97. The molecule has 5 rings (SSSR count). The first-order valence-corrected chi connectivity index (χ1v) is 11.1. The van der Waals surface area contributed by atoms with Crippen LogP contribution in [-0.4, -0.2) is 84.9 Å². The van der Waals surface area contributed by atoms with Crippen molar-refractivity contribution in [3.05, 3.63) is 59.7 Å². The summed E-state index contributed by atoms with van der Waals surface area (Å²) in [4.78, 5) is 43.5. The van der Waals surface area contributed by atoms with Gasteiger partial charge in [0.2, 0.25) is 5.91 Å². The van der Waals surface area contributed by atoms with E-state index in [9.17, 15) is 14.4 Å². The molecule has 2 fully saturated rings. The van der Waals surface area contributed by atoms with Gasteiger partial charge in [0.1, 0.15) is 12.6 Å². The summed E-state index contributed by atoms with van der Waals surface area (Å²) < 4.78 is 5.71. The van der Waals surface area contributed by atoms with Crippen molar-refractivity contribution >= 4 is 17.8 Å². The highest BCUT2D eigenvalue weighted by Crippen LogP contribution is 2.44. The summed E-state index contributed by atoms with van der Waals surface area (Å²) in [6.07, 6.45) is -0.528. The Kier molecular flexibility index (Phi) is 5.43. The Balaban J connectivity index is 1.29. The molecule has 0 N–H and O–H groups in total. The number of ether oxygens (including phenoxy) is 1. The number of likely N-dealkylation sites (tertiary alicyclic amines) is 1. The van der Waals surface area contributed by atoms with Crippen LogP contribution in [-0.2, 0) is 14.3 Å². The number of carbonyl (C=O) groups excluding carboxylic acids is 3. The van der Waals surface area contributed by atoms with Gasteiger partial charge in [0.05, 0.1) is 6.54 Å². The number of hydrogen-bond acceptors (Lipinski definition) is 5. The largest absolute Gasteiger partial charge is 0.448 e. The molecule has 32 heavy (non-hydrogen) atoms. The van der Waals surface area contributed by atoms with E-state index in [1.54, 1.807) is 4.90 Å². The van der Waals surface area contributed by atoms with Crippen molar-refractivity contribution in [2.24, 2.45) is 0 Å². The minimum Gasteiger partial charge on any atom is -0.448 e. The van der Waals surface area contributed by atoms with Crippen molar-refractivity contribution in [1.82, 2.24) is 14.7 Å². The van der Waals surface area contributed by atoms with Gasteiger partial charge in [-0.1, -0.05) is 48.5 Å². The number of fused-ring (bicyclic) bond motifs is 3. The first-order valence-electron chi connectivity index (χ1n) is 11.1. The number of benzene rings is 2. The topological polar surface area (TPSA) is 70.2 Å². The van der Waals surface area contributed by atoms with Crippen molar-refractivity contribution in [3.63, 3.8) is 0 Å². The number of ketones is 1. The number of amides is 2. The molecule has 166 valence electrons. The summed E-state index contributed by atoms with van der Waals surface area (Å²) in [6.45, 7) is 2.90. The average Bonchev–Trinajstić information content (AvgIpc) is 3.36. The number of Topliss-reactive ketones (excluding diaryl/α,β-unsaturated/α-hetero) is 1. The third-order valence-corrected chi connectivity index (χ3v) is 6.81. The van der Waals surface area contributed by atoms with E-state index in [4.69, 9.17) is 4.74 Å². The number of carbonyl (C=O) groups is 3. The molecule has 0 aromatic heterocycles. The van der Waals surface area contributed by atoms with Gasteiger partial charge in [-0.05, 0) is 29.3 Å². The summed E-state index contributed by atoms with van der Waals surface area (Å²) in [5.74, 6) is -0.320. The third kappa shape index (κ3) is 3.66. The summed E-state index contributed by atoms with van der Waals surface area (Å²) in [7, 11) is 2.02. The molecule has 0 saturated carbocycles. The van der Waals surface area contributed by atoms with Gasteiger partial charge < -0.3 is 14.5 Å². The maximum absolute atomic E-state index is 13.1. The van der Waals surface area contributed by atoms with Gasteiger partial charge in [-0.3, -0.25) is 14.5 Å². The van der Waals surface area contributed by atoms with Crippen molar-refractivity contribution in [2.75, 3.05) is 46.4 Å². The Morgan fingerprint density at radius 2 is 1.53 bits per heavy atom. The van der Waals surface area contributed by atoms with Crippen LogP contribution in [0.2, 0.25) is 0 Å². The lowest BCUT2D eigenvalue weighted by Crippen LogP contribution is -2.53. The van der Waals surface area contributed by atoms with Crippen LogP contribution in [0.1, 0.15) is 23.5 Å². The van der Waals surface area contributed by atoms with Gasteiger partial charge in [0.25, 0.3) is 0 Å². The normalized spacial score (nSPS) is 20.9. The molecule has 7 heteroatoms. The number of nitrogens with zero attached hydrogens (tertiary/aromatic N) is 3. The summed E-state index contributed by atoms with van der Waals surface area (Å²) in [5.41, 5.74) is 4.57. The fourth-order valence-corrected chi connectivity index (χ4v) is 5.02. The average molecular weight is 434 g/mol. The number of likely N-dealkylation sites (N-methyl/N-ethyl adjacent to an activating group) is 1. The Bertz CT molecular complexity index is 1020. The molecule has 1 aliphatic carbocycles. The fourth-order valence-electron chi connectivity index (χ4n) is 5.02. The van der Waals surface area contributed by atoms with E-state index in [2.05, 4.69) is 29.2 Å². The van der Waals surface area contributed by atoms with Crippen LogP contribution < -0.4 is 0 Å². The number of piperazine rings is 1. The molecular formula is C25H27N3O4. The molecule has 2 aromatic carbocycles. The smallest absolute Gasteiger partial charge is 0.410 e. The molecule has 2 saturated heterocycles. The van der Waals surface area contributed by atoms with E-state index in [0.29, 0.717) is 13.1 Å². The first-order chi connectivity index (χ1) is 15.5. The van der Waals surface area contributed by atoms with Gasteiger partial charge in [0, 0.05) is 38.5 Å². The lowest BCUT2D eigenvalue weighted by Gasteiger charge is -2.35. The Morgan fingerprint density at radius 1 is 0.938 bits per heavy atom. The van der Waals surface area contributed by atoms with Crippen molar-refractivity contribution in [2.45, 2.75) is 18.4 Å². The van der Waals surface area contributed by atoms with E-state index < -0.39 is 12.1 Å². The van der Waals surface area contributed by atoms with Gasteiger partial charge >= 0.3 is 6.09 Å². The van der Waals surface area contributed by atoms with E-state index in [1.165, 1.54) is 4.90 Å². The van der Waals surface area contributed by atoms with E-state index in [1.807, 2.05) is 31.3 Å². The second-order valence-corrected chi connectivity index (χ2v) is 8.82. The first kappa shape index (κ1) is 20.7. The van der Waals surface area contributed by atoms with Crippen molar-refractivity contribution in [1.29, 1.82) is 0 Å². The van der Waals surface area contributed by atoms with Crippen molar-refractivity contribution in [3.8, 4) is 11.1 Å². The van der Waals surface area contributed by atoms with E-state index in [0.717, 1.165) is 35.3 Å². The summed E-state index contributed by atoms with van der Waals surface area (Å²) >= 11 is 0. The molecule has 2 aromatic rings. The second-order valence-electron chi connectivity index (χ2n) is 8.82. The van der Waals surface area contributed by atoms with Crippen LogP contribution in [0.15, 0.2) is 48.5 Å². The fraction of sp³-hybridized carbons (Fsp3) is 0.400. The highest BCUT2D eigenvalue weighted by atomic mass is 16.6. The molecule has 2 heterocycles. The Labute approximate surface area is 187 Å². The molecule has 1 unspecified atom stereocenters. The van der Waals surface area contributed by atoms with Gasteiger partial charge in [-0.25, -0.2) is 4.79 Å². The Morgan fingerprint density at radius 3 is 2.16 bits per heavy atom. The zero-order valence-corrected chi connectivity index (χ0v) is 18.2. The van der Waals surface area contributed by atoms with Crippen LogP contribution in [0.4, 0.5) is 4.79 Å². The van der Waals surface area contributed by atoms with Crippen molar-refractivity contribution < 1.29 is 19.1 Å².